The maximum Gasteiger partial charge on any atom is 0.229 e. The second-order valence-corrected chi connectivity index (χ2v) is 4.99. The highest BCUT2D eigenvalue weighted by Gasteiger charge is 2.12. The summed E-state index contributed by atoms with van der Waals surface area (Å²) in [5.74, 6) is -0.551. The van der Waals surface area contributed by atoms with Crippen molar-refractivity contribution in [3.63, 3.8) is 0 Å². The Morgan fingerprint density at radius 3 is 2.86 bits per heavy atom. The first-order valence-corrected chi connectivity index (χ1v) is 6.68. The fourth-order valence-electron chi connectivity index (χ4n) is 1.76. The highest BCUT2D eigenvalue weighted by Crippen LogP contribution is 2.24. The molecular weight excluding hydrogens is 318 g/mol. The third-order valence-corrected chi connectivity index (χ3v) is 3.13. The summed E-state index contributed by atoms with van der Waals surface area (Å²) in [4.78, 5) is 15.6. The molecule has 0 fully saturated rings. The lowest BCUT2D eigenvalue weighted by Crippen LogP contribution is -2.16. The smallest absolute Gasteiger partial charge is 0.229 e. The predicted molar refractivity (Wildman–Crippen MR) is 79.5 cm³/mol. The van der Waals surface area contributed by atoms with Crippen LogP contribution in [0.3, 0.4) is 0 Å². The first-order valence-electron chi connectivity index (χ1n) is 5.93. The van der Waals surface area contributed by atoms with Crippen LogP contribution in [-0.2, 0) is 11.2 Å². The zero-order chi connectivity index (χ0) is 15.4. The zero-order valence-corrected chi connectivity index (χ0v) is 12.5. The minimum Gasteiger partial charge on any atom is -0.496 e. The minimum absolute atomic E-state index is 0.0108. The minimum atomic E-state index is -0.661. The van der Waals surface area contributed by atoms with E-state index in [-0.39, 0.29) is 17.3 Å². The highest BCUT2D eigenvalue weighted by molar-refractivity contribution is 6.30. The van der Waals surface area contributed by atoms with E-state index in [0.29, 0.717) is 16.3 Å². The Balaban J connectivity index is 2.15. The molecule has 1 amide bonds. The fraction of sp³-hybridized carbons (Fsp3) is 0.143. The van der Waals surface area contributed by atoms with Crippen LogP contribution >= 0.6 is 23.2 Å². The number of hydrogen-bond donors (Lipinski definition) is 1. The third-order valence-electron chi connectivity index (χ3n) is 2.69. The summed E-state index contributed by atoms with van der Waals surface area (Å²) in [6.45, 7) is 0. The lowest BCUT2D eigenvalue weighted by atomic mass is 10.1. The molecule has 1 N–H and O–H groups in total. The maximum atomic E-state index is 13.5. The van der Waals surface area contributed by atoms with Crippen LogP contribution in [0.5, 0.6) is 5.75 Å². The summed E-state index contributed by atoms with van der Waals surface area (Å²) in [5.41, 5.74) is 0.573. The van der Waals surface area contributed by atoms with Gasteiger partial charge in [-0.15, -0.1) is 0 Å². The van der Waals surface area contributed by atoms with Crippen LogP contribution in [0.1, 0.15) is 5.56 Å². The summed E-state index contributed by atoms with van der Waals surface area (Å²) in [6.07, 6.45) is 0.932. The molecule has 0 aliphatic rings. The van der Waals surface area contributed by atoms with E-state index >= 15 is 0 Å². The maximum absolute atomic E-state index is 13.5. The summed E-state index contributed by atoms with van der Waals surface area (Å²) in [6, 6.07) is 6.18. The molecule has 0 radical (unpaired) electrons. The average molecular weight is 329 g/mol. The molecule has 0 bridgehead atoms. The zero-order valence-electron chi connectivity index (χ0n) is 11.0. The van der Waals surface area contributed by atoms with Crippen LogP contribution in [0.2, 0.25) is 10.2 Å². The van der Waals surface area contributed by atoms with Crippen LogP contribution in [0.25, 0.3) is 0 Å². The molecule has 0 unspecified atom stereocenters. The number of rotatable bonds is 4. The van der Waals surface area contributed by atoms with Crippen molar-refractivity contribution in [3.8, 4) is 5.75 Å². The molecule has 2 rings (SSSR count). The number of carbonyl (C=O) groups is 1. The van der Waals surface area contributed by atoms with Gasteiger partial charge in [-0.05, 0) is 18.2 Å². The lowest BCUT2D eigenvalue weighted by molar-refractivity contribution is -0.115. The number of amides is 1. The van der Waals surface area contributed by atoms with Gasteiger partial charge in [0.25, 0.3) is 0 Å². The van der Waals surface area contributed by atoms with Gasteiger partial charge in [0.1, 0.15) is 10.9 Å². The van der Waals surface area contributed by atoms with Crippen molar-refractivity contribution in [1.82, 2.24) is 4.98 Å². The van der Waals surface area contributed by atoms with Crippen molar-refractivity contribution >= 4 is 34.8 Å². The van der Waals surface area contributed by atoms with E-state index in [2.05, 4.69) is 10.3 Å². The molecule has 0 saturated carbocycles. The number of nitrogens with zero attached hydrogens (tertiary/aromatic N) is 1. The van der Waals surface area contributed by atoms with Gasteiger partial charge < -0.3 is 10.1 Å². The van der Waals surface area contributed by atoms with Gasteiger partial charge in [-0.1, -0.05) is 23.2 Å². The van der Waals surface area contributed by atoms with Gasteiger partial charge in [0.05, 0.1) is 25.4 Å². The van der Waals surface area contributed by atoms with E-state index in [0.717, 1.165) is 6.20 Å². The van der Waals surface area contributed by atoms with E-state index in [4.69, 9.17) is 27.9 Å². The number of ether oxygens (including phenoxy) is 1. The molecule has 0 aliphatic heterocycles. The van der Waals surface area contributed by atoms with Gasteiger partial charge >= 0.3 is 0 Å². The monoisotopic (exact) mass is 328 g/mol. The second-order valence-electron chi connectivity index (χ2n) is 4.17. The van der Waals surface area contributed by atoms with E-state index in [9.17, 15) is 9.18 Å². The number of carbonyl (C=O) groups excluding carboxylic acids is 1. The van der Waals surface area contributed by atoms with Crippen molar-refractivity contribution in [1.29, 1.82) is 0 Å². The van der Waals surface area contributed by atoms with Crippen LogP contribution in [0, 0.1) is 5.82 Å². The highest BCUT2D eigenvalue weighted by atomic mass is 35.5. The molecule has 110 valence electrons. The Labute approximate surface area is 130 Å². The number of aromatic nitrogens is 1. The molecule has 0 atom stereocenters. The Morgan fingerprint density at radius 2 is 2.14 bits per heavy atom. The quantitative estimate of drug-likeness (QED) is 0.870. The molecule has 1 heterocycles. The Morgan fingerprint density at radius 1 is 1.38 bits per heavy atom. The van der Waals surface area contributed by atoms with Gasteiger partial charge in [-0.3, -0.25) is 4.79 Å². The van der Waals surface area contributed by atoms with Crippen molar-refractivity contribution in [2.24, 2.45) is 0 Å². The summed E-state index contributed by atoms with van der Waals surface area (Å²) >= 11 is 11.6. The third kappa shape index (κ3) is 4.06. The number of halogens is 3. The number of methoxy groups -OCH3 is 1. The Bertz CT molecular complexity index is 680. The number of pyridine rings is 1. The second kappa shape index (κ2) is 6.74. The van der Waals surface area contributed by atoms with Crippen molar-refractivity contribution in [2.75, 3.05) is 12.4 Å². The summed E-state index contributed by atoms with van der Waals surface area (Å²) < 4.78 is 18.6. The SMILES string of the molecule is COc1ccc(Cl)cc1CC(=O)Nc1cc(Cl)ncc1F. The van der Waals surface area contributed by atoms with Gasteiger partial charge in [-0.2, -0.15) is 0 Å². The molecular formula is C14H11Cl2FN2O2. The average Bonchev–Trinajstić information content (AvgIpc) is 2.43. The molecule has 0 saturated heterocycles. The van der Waals surface area contributed by atoms with Crippen molar-refractivity contribution in [2.45, 2.75) is 6.42 Å². The molecule has 1 aromatic carbocycles. The molecule has 21 heavy (non-hydrogen) atoms. The molecule has 4 nitrogen and oxygen atoms in total. The first-order chi connectivity index (χ1) is 9.99. The van der Waals surface area contributed by atoms with Gasteiger partial charge in [0, 0.05) is 16.7 Å². The topological polar surface area (TPSA) is 51.2 Å². The van der Waals surface area contributed by atoms with Crippen LogP contribution in [0.4, 0.5) is 10.1 Å². The standard InChI is InChI=1S/C14H11Cl2FN2O2/c1-21-12-3-2-9(15)4-8(12)5-14(20)19-11-6-13(16)18-7-10(11)17/h2-4,6-7H,5H2,1H3,(H,18,19,20). The van der Waals surface area contributed by atoms with E-state index < -0.39 is 11.7 Å². The van der Waals surface area contributed by atoms with E-state index in [1.54, 1.807) is 18.2 Å². The number of anilines is 1. The molecule has 7 heteroatoms. The van der Waals surface area contributed by atoms with Crippen LogP contribution < -0.4 is 10.1 Å². The number of hydrogen-bond acceptors (Lipinski definition) is 3. The molecule has 0 aliphatic carbocycles. The van der Waals surface area contributed by atoms with Gasteiger partial charge in [-0.25, -0.2) is 9.37 Å². The van der Waals surface area contributed by atoms with E-state index in [1.807, 2.05) is 0 Å². The van der Waals surface area contributed by atoms with Crippen LogP contribution in [0.15, 0.2) is 30.5 Å². The Hall–Kier alpha value is -1.85. The molecule has 2 aromatic rings. The van der Waals surface area contributed by atoms with Crippen molar-refractivity contribution < 1.29 is 13.9 Å². The first kappa shape index (κ1) is 15.5. The molecule has 1 aromatic heterocycles. The summed E-state index contributed by atoms with van der Waals surface area (Å²) in [7, 11) is 1.49. The van der Waals surface area contributed by atoms with E-state index in [1.165, 1.54) is 13.2 Å². The fourth-order valence-corrected chi connectivity index (χ4v) is 2.11. The van der Waals surface area contributed by atoms with Gasteiger partial charge in [0.2, 0.25) is 5.91 Å². The number of benzene rings is 1. The largest absolute Gasteiger partial charge is 0.496 e. The van der Waals surface area contributed by atoms with Crippen LogP contribution in [-0.4, -0.2) is 18.0 Å². The lowest BCUT2D eigenvalue weighted by Gasteiger charge is -2.10. The predicted octanol–water partition coefficient (Wildman–Crippen LogP) is 3.72. The normalized spacial score (nSPS) is 10.3. The summed E-state index contributed by atoms with van der Waals surface area (Å²) in [5, 5.41) is 3.01. The Kier molecular flexibility index (Phi) is 4.98. The van der Waals surface area contributed by atoms with Gasteiger partial charge in [0.15, 0.2) is 5.82 Å². The van der Waals surface area contributed by atoms with Crippen molar-refractivity contribution in [3.05, 3.63) is 52.0 Å². The molecule has 0 spiro atoms. The number of nitrogens with one attached hydrogen (secondary N) is 1.